The van der Waals surface area contributed by atoms with Gasteiger partial charge in [0.05, 0.1) is 0 Å². The van der Waals surface area contributed by atoms with Crippen LogP contribution in [0.5, 0.6) is 0 Å². The van der Waals surface area contributed by atoms with Crippen LogP contribution >= 0.6 is 0 Å². The van der Waals surface area contributed by atoms with Crippen LogP contribution in [0.3, 0.4) is 0 Å². The first kappa shape index (κ1) is 9.25. The van der Waals surface area contributed by atoms with Crippen molar-refractivity contribution >= 4 is 10.9 Å². The number of aromatic nitrogens is 1. The monoisotopic (exact) mass is 189 g/mol. The van der Waals surface area contributed by atoms with Gasteiger partial charge in [-0.15, -0.1) is 0 Å². The second-order valence-corrected chi connectivity index (χ2v) is 4.72. The molecular formula is C12H15NO. The highest BCUT2D eigenvalue weighted by Gasteiger charge is 2.15. The molecule has 1 aromatic heterocycles. The Balaban J connectivity index is 2.63. The Labute approximate surface area is 83.9 Å². The summed E-state index contributed by atoms with van der Waals surface area (Å²) < 4.78 is 5.13. The van der Waals surface area contributed by atoms with E-state index in [-0.39, 0.29) is 5.41 Å². The minimum absolute atomic E-state index is 0.168. The summed E-state index contributed by atoms with van der Waals surface area (Å²) >= 11 is 0. The Hall–Kier alpha value is -1.31. The molecule has 0 saturated heterocycles. The molecule has 0 fully saturated rings. The zero-order valence-corrected chi connectivity index (χ0v) is 9.09. The van der Waals surface area contributed by atoms with Crippen LogP contribution in [-0.2, 0) is 5.41 Å². The second kappa shape index (κ2) is 2.84. The predicted octanol–water partition coefficient (Wildman–Crippen LogP) is 3.43. The molecule has 0 N–H and O–H groups in total. The van der Waals surface area contributed by atoms with Gasteiger partial charge < -0.3 is 4.52 Å². The average Bonchev–Trinajstić information content (AvgIpc) is 2.46. The quantitative estimate of drug-likeness (QED) is 0.634. The summed E-state index contributed by atoms with van der Waals surface area (Å²) in [5.74, 6) is 0.889. The molecule has 1 heterocycles. The predicted molar refractivity (Wildman–Crippen MR) is 57.4 cm³/mol. The van der Waals surface area contributed by atoms with Gasteiger partial charge in [-0.25, -0.2) is 0 Å². The third-order valence-corrected chi connectivity index (χ3v) is 2.52. The highest BCUT2D eigenvalue weighted by atomic mass is 16.5. The number of hydrogen-bond acceptors (Lipinski definition) is 2. The molecule has 2 rings (SSSR count). The molecule has 0 unspecified atom stereocenters. The first-order chi connectivity index (χ1) is 6.48. The maximum absolute atomic E-state index is 5.13. The van der Waals surface area contributed by atoms with Crippen molar-refractivity contribution in [2.75, 3.05) is 0 Å². The molecule has 0 aliphatic heterocycles. The Morgan fingerprint density at radius 2 is 1.93 bits per heavy atom. The van der Waals surface area contributed by atoms with Crippen molar-refractivity contribution in [3.63, 3.8) is 0 Å². The van der Waals surface area contributed by atoms with Crippen molar-refractivity contribution in [1.29, 1.82) is 0 Å². The fourth-order valence-corrected chi connectivity index (χ4v) is 1.54. The minimum atomic E-state index is 0.168. The van der Waals surface area contributed by atoms with Gasteiger partial charge in [0.15, 0.2) is 0 Å². The van der Waals surface area contributed by atoms with Crippen molar-refractivity contribution in [3.8, 4) is 0 Å². The molecule has 14 heavy (non-hydrogen) atoms. The Morgan fingerprint density at radius 1 is 1.21 bits per heavy atom. The number of fused-ring (bicyclic) bond motifs is 1. The molecule has 0 radical (unpaired) electrons. The minimum Gasteiger partial charge on any atom is -0.360 e. The van der Waals surface area contributed by atoms with Crippen LogP contribution in [0.2, 0.25) is 0 Å². The van der Waals surface area contributed by atoms with Crippen LogP contribution < -0.4 is 0 Å². The van der Waals surface area contributed by atoms with Gasteiger partial charge in [-0.1, -0.05) is 32.0 Å². The maximum atomic E-state index is 5.13. The van der Waals surface area contributed by atoms with Crippen molar-refractivity contribution in [3.05, 3.63) is 29.5 Å². The molecule has 2 aromatic rings. The summed E-state index contributed by atoms with van der Waals surface area (Å²) in [4.78, 5) is 0. The van der Waals surface area contributed by atoms with Crippen LogP contribution in [-0.4, -0.2) is 5.16 Å². The molecule has 2 heteroatoms. The average molecular weight is 189 g/mol. The smallest absolute Gasteiger partial charge is 0.141 e. The fourth-order valence-electron chi connectivity index (χ4n) is 1.54. The molecule has 0 atom stereocenters. The number of hydrogen-bond donors (Lipinski definition) is 0. The van der Waals surface area contributed by atoms with E-state index >= 15 is 0 Å². The highest BCUT2D eigenvalue weighted by molar-refractivity contribution is 5.81. The van der Waals surface area contributed by atoms with Gasteiger partial charge in [0.1, 0.15) is 11.3 Å². The molecule has 0 bridgehead atoms. The van der Waals surface area contributed by atoms with Crippen molar-refractivity contribution in [1.82, 2.24) is 5.16 Å². The van der Waals surface area contributed by atoms with Crippen LogP contribution in [0.4, 0.5) is 0 Å². The Morgan fingerprint density at radius 3 is 2.57 bits per heavy atom. The van der Waals surface area contributed by atoms with Gasteiger partial charge in [-0.05, 0) is 30.0 Å². The van der Waals surface area contributed by atoms with Crippen molar-refractivity contribution in [2.45, 2.75) is 33.1 Å². The summed E-state index contributed by atoms with van der Waals surface area (Å²) in [7, 11) is 0. The van der Waals surface area contributed by atoms with Gasteiger partial charge >= 0.3 is 0 Å². The number of nitrogens with zero attached hydrogens (tertiary/aromatic N) is 1. The molecule has 0 amide bonds. The molecule has 0 aliphatic carbocycles. The van der Waals surface area contributed by atoms with Gasteiger partial charge in [-0.2, -0.15) is 0 Å². The maximum Gasteiger partial charge on any atom is 0.141 e. The third kappa shape index (κ3) is 1.41. The lowest BCUT2D eigenvalue weighted by Crippen LogP contribution is -2.10. The second-order valence-electron chi connectivity index (χ2n) is 4.72. The van der Waals surface area contributed by atoms with Crippen molar-refractivity contribution in [2.24, 2.45) is 0 Å². The fraction of sp³-hybridized carbons (Fsp3) is 0.417. The largest absolute Gasteiger partial charge is 0.360 e. The first-order valence-electron chi connectivity index (χ1n) is 4.85. The number of rotatable bonds is 0. The molecular weight excluding hydrogens is 174 g/mol. The summed E-state index contributed by atoms with van der Waals surface area (Å²) in [5.41, 5.74) is 2.41. The molecule has 0 aliphatic rings. The zero-order chi connectivity index (χ0) is 10.3. The number of aryl methyl sites for hydroxylation is 1. The van der Waals surface area contributed by atoms with E-state index in [9.17, 15) is 0 Å². The lowest BCUT2D eigenvalue weighted by Gasteiger charge is -2.18. The van der Waals surface area contributed by atoms with E-state index in [1.54, 1.807) is 0 Å². The Kier molecular flexibility index (Phi) is 1.88. The third-order valence-electron chi connectivity index (χ3n) is 2.52. The van der Waals surface area contributed by atoms with E-state index in [1.165, 1.54) is 5.56 Å². The Bertz CT molecular complexity index is 463. The molecule has 0 spiro atoms. The standard InChI is InChI=1S/C12H15NO/c1-8-10-6-5-9(12(2,3)4)7-11(10)13-14-8/h5-7H,1-4H3. The topological polar surface area (TPSA) is 26.0 Å². The van der Waals surface area contributed by atoms with Gasteiger partial charge in [0.25, 0.3) is 0 Å². The molecule has 0 saturated carbocycles. The normalized spacial score (nSPS) is 12.3. The van der Waals surface area contributed by atoms with Crippen LogP contribution in [0.15, 0.2) is 22.7 Å². The summed E-state index contributed by atoms with van der Waals surface area (Å²) in [5, 5.41) is 5.13. The van der Waals surface area contributed by atoms with E-state index in [1.807, 2.05) is 6.92 Å². The molecule has 1 aromatic carbocycles. The van der Waals surface area contributed by atoms with E-state index in [0.29, 0.717) is 0 Å². The van der Waals surface area contributed by atoms with E-state index in [0.717, 1.165) is 16.7 Å². The van der Waals surface area contributed by atoms with Gasteiger partial charge in [0.2, 0.25) is 0 Å². The summed E-state index contributed by atoms with van der Waals surface area (Å²) in [6, 6.07) is 6.33. The van der Waals surface area contributed by atoms with Crippen LogP contribution in [0.25, 0.3) is 10.9 Å². The van der Waals surface area contributed by atoms with Crippen LogP contribution in [0.1, 0.15) is 32.1 Å². The zero-order valence-electron chi connectivity index (χ0n) is 9.09. The lowest BCUT2D eigenvalue weighted by molar-refractivity contribution is 0.405. The summed E-state index contributed by atoms with van der Waals surface area (Å²) in [6.45, 7) is 8.52. The van der Waals surface area contributed by atoms with Crippen molar-refractivity contribution < 1.29 is 4.52 Å². The SMILES string of the molecule is Cc1onc2cc(C(C)(C)C)ccc12. The van der Waals surface area contributed by atoms with E-state index in [2.05, 4.69) is 44.1 Å². The molecule has 74 valence electrons. The number of benzene rings is 1. The van der Waals surface area contributed by atoms with E-state index < -0.39 is 0 Å². The summed E-state index contributed by atoms with van der Waals surface area (Å²) in [6.07, 6.45) is 0. The van der Waals surface area contributed by atoms with E-state index in [4.69, 9.17) is 4.52 Å². The van der Waals surface area contributed by atoms with Crippen LogP contribution in [0, 0.1) is 6.92 Å². The lowest BCUT2D eigenvalue weighted by atomic mass is 9.86. The van der Waals surface area contributed by atoms with Gasteiger partial charge in [-0.3, -0.25) is 0 Å². The van der Waals surface area contributed by atoms with Gasteiger partial charge in [0, 0.05) is 5.39 Å². The first-order valence-corrected chi connectivity index (χ1v) is 4.85. The highest BCUT2D eigenvalue weighted by Crippen LogP contribution is 2.26. The molecule has 2 nitrogen and oxygen atoms in total.